The molecule has 1 aromatic carbocycles. The Morgan fingerprint density at radius 2 is 2.03 bits per heavy atom. The fourth-order valence-electron chi connectivity index (χ4n) is 3.29. The highest BCUT2D eigenvalue weighted by atomic mass is 32.2. The standard InChI is InChI=1S/C21H31N5O4S/c1-17(2)15-29-20-6-4-5-18(13-20)14-23-21(22-3)25-8-10-26(11-9-25)31(27,28)16-19-7-12-30-24-19/h4-7,12-13,17H,8-11,14-16H2,1-3H3,(H,22,23). The molecule has 0 saturated carbocycles. The molecule has 0 amide bonds. The fraction of sp³-hybridized carbons (Fsp3) is 0.524. The average molecular weight is 450 g/mol. The van der Waals surface area contributed by atoms with Gasteiger partial charge in [0.05, 0.1) is 12.3 Å². The van der Waals surface area contributed by atoms with E-state index in [1.54, 1.807) is 13.1 Å². The van der Waals surface area contributed by atoms with E-state index in [9.17, 15) is 8.42 Å². The van der Waals surface area contributed by atoms with Gasteiger partial charge in [-0.2, -0.15) is 4.31 Å². The maximum absolute atomic E-state index is 12.6. The van der Waals surface area contributed by atoms with Gasteiger partial charge in [0.1, 0.15) is 17.8 Å². The van der Waals surface area contributed by atoms with Crippen molar-refractivity contribution < 1.29 is 17.7 Å². The van der Waals surface area contributed by atoms with Crippen LogP contribution in [0.5, 0.6) is 5.75 Å². The number of piperazine rings is 1. The van der Waals surface area contributed by atoms with Crippen LogP contribution in [0.25, 0.3) is 0 Å². The molecule has 2 aromatic rings. The van der Waals surface area contributed by atoms with Crippen LogP contribution in [0, 0.1) is 5.92 Å². The van der Waals surface area contributed by atoms with Gasteiger partial charge in [-0.05, 0) is 23.6 Å². The van der Waals surface area contributed by atoms with Gasteiger partial charge in [0.2, 0.25) is 10.0 Å². The van der Waals surface area contributed by atoms with Gasteiger partial charge in [-0.3, -0.25) is 4.99 Å². The van der Waals surface area contributed by atoms with E-state index < -0.39 is 10.0 Å². The number of benzene rings is 1. The minimum Gasteiger partial charge on any atom is -0.493 e. The van der Waals surface area contributed by atoms with Gasteiger partial charge in [0, 0.05) is 45.8 Å². The molecular formula is C21H31N5O4S. The summed E-state index contributed by atoms with van der Waals surface area (Å²) in [7, 11) is -1.69. The van der Waals surface area contributed by atoms with Crippen LogP contribution in [0.1, 0.15) is 25.1 Å². The van der Waals surface area contributed by atoms with E-state index in [0.29, 0.717) is 50.9 Å². The smallest absolute Gasteiger partial charge is 0.220 e. The van der Waals surface area contributed by atoms with Crippen LogP contribution in [0.3, 0.4) is 0 Å². The second-order valence-electron chi connectivity index (χ2n) is 7.89. The predicted molar refractivity (Wildman–Crippen MR) is 119 cm³/mol. The van der Waals surface area contributed by atoms with Crippen molar-refractivity contribution >= 4 is 16.0 Å². The fourth-order valence-corrected chi connectivity index (χ4v) is 4.71. The highest BCUT2D eigenvalue weighted by molar-refractivity contribution is 7.88. The monoisotopic (exact) mass is 449 g/mol. The third-order valence-corrected chi connectivity index (χ3v) is 6.71. The van der Waals surface area contributed by atoms with Crippen molar-refractivity contribution in [3.8, 4) is 5.75 Å². The molecule has 1 saturated heterocycles. The van der Waals surface area contributed by atoms with Gasteiger partial charge in [-0.15, -0.1) is 0 Å². The summed E-state index contributed by atoms with van der Waals surface area (Å²) in [5.74, 6) is 1.93. The molecule has 0 bridgehead atoms. The van der Waals surface area contributed by atoms with Crippen molar-refractivity contribution in [3.05, 3.63) is 47.9 Å². The van der Waals surface area contributed by atoms with Gasteiger partial charge >= 0.3 is 0 Å². The Bertz CT molecular complexity index is 952. The lowest BCUT2D eigenvalue weighted by atomic mass is 10.2. The molecule has 170 valence electrons. The summed E-state index contributed by atoms with van der Waals surface area (Å²) in [6.07, 6.45) is 1.38. The highest BCUT2D eigenvalue weighted by Crippen LogP contribution is 2.15. The first-order valence-corrected chi connectivity index (χ1v) is 12.0. The number of hydrogen-bond acceptors (Lipinski definition) is 6. The Kier molecular flexibility index (Phi) is 7.91. The summed E-state index contributed by atoms with van der Waals surface area (Å²) >= 11 is 0. The molecule has 3 rings (SSSR count). The predicted octanol–water partition coefficient (Wildman–Crippen LogP) is 1.93. The number of nitrogens with one attached hydrogen (secondary N) is 1. The number of guanidine groups is 1. The van der Waals surface area contributed by atoms with Crippen LogP contribution in [0.4, 0.5) is 0 Å². The van der Waals surface area contributed by atoms with Gasteiger partial charge in [-0.1, -0.05) is 31.1 Å². The van der Waals surface area contributed by atoms with Crippen LogP contribution in [-0.2, 0) is 22.3 Å². The molecule has 10 heteroatoms. The lowest BCUT2D eigenvalue weighted by molar-refractivity contribution is 0.259. The largest absolute Gasteiger partial charge is 0.493 e. The molecule has 0 atom stereocenters. The molecule has 1 fully saturated rings. The zero-order valence-corrected chi connectivity index (χ0v) is 19.1. The van der Waals surface area contributed by atoms with Crippen LogP contribution >= 0.6 is 0 Å². The van der Waals surface area contributed by atoms with E-state index in [0.717, 1.165) is 17.3 Å². The molecular weight excluding hydrogens is 418 g/mol. The lowest BCUT2D eigenvalue weighted by Gasteiger charge is -2.35. The van der Waals surface area contributed by atoms with Crippen LogP contribution in [0.2, 0.25) is 0 Å². The zero-order chi connectivity index (χ0) is 22.3. The van der Waals surface area contributed by atoms with E-state index in [2.05, 4.69) is 34.2 Å². The summed E-state index contributed by atoms with van der Waals surface area (Å²) < 4.78 is 37.2. The zero-order valence-electron chi connectivity index (χ0n) is 18.3. The van der Waals surface area contributed by atoms with Crippen molar-refractivity contribution in [1.82, 2.24) is 19.7 Å². The summed E-state index contributed by atoms with van der Waals surface area (Å²) in [6, 6.07) is 9.57. The maximum Gasteiger partial charge on any atom is 0.220 e. The van der Waals surface area contributed by atoms with Crippen LogP contribution in [-0.4, -0.2) is 68.6 Å². The van der Waals surface area contributed by atoms with Crippen LogP contribution in [0.15, 0.2) is 46.1 Å². The second-order valence-corrected chi connectivity index (χ2v) is 9.86. The first-order valence-electron chi connectivity index (χ1n) is 10.4. The lowest BCUT2D eigenvalue weighted by Crippen LogP contribution is -2.53. The Hall–Kier alpha value is -2.59. The molecule has 31 heavy (non-hydrogen) atoms. The van der Waals surface area contributed by atoms with Gasteiger partial charge in [-0.25, -0.2) is 8.42 Å². The van der Waals surface area contributed by atoms with E-state index >= 15 is 0 Å². The molecule has 1 aliphatic rings. The third-order valence-electron chi connectivity index (χ3n) is 4.90. The molecule has 0 radical (unpaired) electrons. The first-order chi connectivity index (χ1) is 14.9. The van der Waals surface area contributed by atoms with E-state index in [-0.39, 0.29) is 5.75 Å². The Balaban J connectivity index is 1.51. The number of aromatic nitrogens is 1. The summed E-state index contributed by atoms with van der Waals surface area (Å²) in [5.41, 5.74) is 1.51. The average Bonchev–Trinajstić information content (AvgIpc) is 3.26. The normalized spacial score (nSPS) is 16.0. The van der Waals surface area contributed by atoms with Crippen molar-refractivity contribution in [2.75, 3.05) is 39.8 Å². The SMILES string of the molecule is CN=C(NCc1cccc(OCC(C)C)c1)N1CCN(S(=O)(=O)Cc2ccon2)CC1. The number of ether oxygens (including phenoxy) is 1. The number of nitrogens with zero attached hydrogens (tertiary/aromatic N) is 4. The first kappa shape index (κ1) is 23.1. The summed E-state index contributed by atoms with van der Waals surface area (Å²) in [5, 5.41) is 7.07. The van der Waals surface area contributed by atoms with Crippen LogP contribution < -0.4 is 10.1 Å². The maximum atomic E-state index is 12.6. The molecule has 0 unspecified atom stereocenters. The molecule has 1 aliphatic heterocycles. The van der Waals surface area contributed by atoms with Gasteiger partial charge < -0.3 is 19.5 Å². The molecule has 0 aliphatic carbocycles. The molecule has 2 heterocycles. The highest BCUT2D eigenvalue weighted by Gasteiger charge is 2.28. The molecule has 1 aromatic heterocycles. The summed E-state index contributed by atoms with van der Waals surface area (Å²) in [6.45, 7) is 7.46. The van der Waals surface area contributed by atoms with E-state index in [4.69, 9.17) is 9.26 Å². The van der Waals surface area contributed by atoms with E-state index in [1.807, 2.05) is 24.3 Å². The summed E-state index contributed by atoms with van der Waals surface area (Å²) in [4.78, 5) is 6.44. The minimum atomic E-state index is -3.42. The topological polar surface area (TPSA) is 100 Å². The number of aliphatic imine (C=N–C) groups is 1. The number of sulfonamides is 1. The van der Waals surface area contributed by atoms with Gasteiger partial charge in [0.15, 0.2) is 5.96 Å². The third kappa shape index (κ3) is 6.70. The van der Waals surface area contributed by atoms with Crippen molar-refractivity contribution in [2.24, 2.45) is 10.9 Å². The number of hydrogen-bond donors (Lipinski definition) is 1. The quantitative estimate of drug-likeness (QED) is 0.485. The van der Waals surface area contributed by atoms with Crippen molar-refractivity contribution in [2.45, 2.75) is 26.1 Å². The second kappa shape index (κ2) is 10.6. The Morgan fingerprint density at radius 3 is 2.68 bits per heavy atom. The Morgan fingerprint density at radius 1 is 1.26 bits per heavy atom. The van der Waals surface area contributed by atoms with Crippen molar-refractivity contribution in [3.63, 3.8) is 0 Å². The minimum absolute atomic E-state index is 0.147. The Labute approximate surface area is 184 Å². The molecule has 9 nitrogen and oxygen atoms in total. The van der Waals surface area contributed by atoms with Gasteiger partial charge in [0.25, 0.3) is 0 Å². The van der Waals surface area contributed by atoms with Crippen molar-refractivity contribution in [1.29, 1.82) is 0 Å². The molecule has 1 N–H and O–H groups in total. The molecule has 0 spiro atoms. The number of rotatable bonds is 8. The van der Waals surface area contributed by atoms with E-state index in [1.165, 1.54) is 10.6 Å².